The zero-order valence-electron chi connectivity index (χ0n) is 17.5. The van der Waals surface area contributed by atoms with Crippen molar-refractivity contribution in [2.24, 2.45) is 0 Å². The molecule has 0 saturated carbocycles. The highest BCUT2D eigenvalue weighted by molar-refractivity contribution is 6.44. The first-order chi connectivity index (χ1) is 15.4. The highest BCUT2D eigenvalue weighted by Gasteiger charge is 2.32. The van der Waals surface area contributed by atoms with Gasteiger partial charge < -0.3 is 24.5 Å². The summed E-state index contributed by atoms with van der Waals surface area (Å²) in [6.07, 6.45) is 2.75. The molecule has 0 spiro atoms. The van der Waals surface area contributed by atoms with Crippen molar-refractivity contribution in [3.8, 4) is 12.1 Å². The van der Waals surface area contributed by atoms with E-state index in [-0.39, 0.29) is 35.2 Å². The lowest BCUT2D eigenvalue weighted by Crippen LogP contribution is -2.55. The maximum atomic E-state index is 11.6. The molecule has 32 heavy (non-hydrogen) atoms. The number of pyridine rings is 1. The van der Waals surface area contributed by atoms with Gasteiger partial charge in [-0.2, -0.15) is 15.2 Å². The summed E-state index contributed by atoms with van der Waals surface area (Å²) in [5, 5.41) is 19.6. The fraction of sp³-hybridized carbons (Fsp3) is 0.550. The minimum atomic E-state index is -1.04. The molecule has 2 aromatic heterocycles. The van der Waals surface area contributed by atoms with E-state index < -0.39 is 12.1 Å². The smallest absolute Gasteiger partial charge is 0.407 e. The molecule has 2 saturated heterocycles. The van der Waals surface area contributed by atoms with Crippen LogP contribution in [0.2, 0.25) is 10.2 Å². The summed E-state index contributed by atoms with van der Waals surface area (Å²) in [6.45, 7) is 2.41. The summed E-state index contributed by atoms with van der Waals surface area (Å²) in [5.41, 5.74) is 0.420. The summed E-state index contributed by atoms with van der Waals surface area (Å²) in [5.74, 6) is 0.531. The summed E-state index contributed by atoms with van der Waals surface area (Å²) >= 11 is 12.5. The normalized spacial score (nSPS) is 21.7. The zero-order valence-corrected chi connectivity index (χ0v) is 19.1. The van der Waals surface area contributed by atoms with Gasteiger partial charge in [-0.15, -0.1) is 0 Å². The number of carbonyl (C=O) groups is 1. The Labute approximate surface area is 195 Å². The van der Waals surface area contributed by atoms with Gasteiger partial charge in [-0.05, 0) is 26.4 Å². The molecule has 0 aromatic carbocycles. The number of halogens is 2. The topological polar surface area (TPSA) is 119 Å². The van der Waals surface area contributed by atoms with Crippen molar-refractivity contribution in [2.75, 3.05) is 44.7 Å². The van der Waals surface area contributed by atoms with E-state index in [4.69, 9.17) is 27.9 Å². The lowest BCUT2D eigenvalue weighted by atomic mass is 10.1. The number of rotatable bonds is 5. The van der Waals surface area contributed by atoms with E-state index in [0.29, 0.717) is 36.4 Å². The zero-order chi connectivity index (χ0) is 22.8. The van der Waals surface area contributed by atoms with Crippen molar-refractivity contribution in [3.05, 3.63) is 16.4 Å². The number of nitriles is 1. The Balaban J connectivity index is 1.68. The molecular formula is C20H23Cl2N7O3. The van der Waals surface area contributed by atoms with E-state index in [1.807, 2.05) is 4.90 Å². The van der Waals surface area contributed by atoms with Crippen molar-refractivity contribution in [1.82, 2.24) is 24.8 Å². The molecule has 2 aliphatic rings. The average molecular weight is 480 g/mol. The second kappa shape index (κ2) is 9.48. The highest BCUT2D eigenvalue weighted by Crippen LogP contribution is 2.34. The second-order valence-corrected chi connectivity index (χ2v) is 8.72. The van der Waals surface area contributed by atoms with Crippen LogP contribution in [-0.4, -0.2) is 87.9 Å². The molecule has 2 aromatic rings. The number of piperazine rings is 1. The maximum absolute atomic E-state index is 11.6. The molecule has 2 fully saturated rings. The summed E-state index contributed by atoms with van der Waals surface area (Å²) in [4.78, 5) is 30.3. The Morgan fingerprint density at radius 2 is 2.12 bits per heavy atom. The molecule has 4 rings (SSSR count). The Hall–Kier alpha value is -2.61. The van der Waals surface area contributed by atoms with Crippen LogP contribution in [0.3, 0.4) is 0 Å². The van der Waals surface area contributed by atoms with Crippen LogP contribution in [0, 0.1) is 11.3 Å². The van der Waals surface area contributed by atoms with E-state index in [9.17, 15) is 15.2 Å². The molecular weight excluding hydrogens is 457 g/mol. The van der Waals surface area contributed by atoms with Gasteiger partial charge in [-0.3, -0.25) is 0 Å². The average Bonchev–Trinajstić information content (AvgIpc) is 3.19. The van der Waals surface area contributed by atoms with Gasteiger partial charge in [0.2, 0.25) is 0 Å². The molecule has 12 heteroatoms. The molecule has 1 amide bonds. The molecule has 0 radical (unpaired) electrons. The summed E-state index contributed by atoms with van der Waals surface area (Å²) in [7, 11) is 2.06. The SMILES string of the molecule is CN1CCC[C@H]1COc1nc(N2CCN(C(=O)O)[C@@H](CC#N)C2)c2cnc(Cl)c(Cl)c2n1. The maximum Gasteiger partial charge on any atom is 0.407 e. The van der Waals surface area contributed by atoms with Gasteiger partial charge in [-0.25, -0.2) is 9.78 Å². The lowest BCUT2D eigenvalue weighted by molar-refractivity contribution is 0.119. The van der Waals surface area contributed by atoms with Crippen LogP contribution in [0.4, 0.5) is 10.6 Å². The number of fused-ring (bicyclic) bond motifs is 1. The van der Waals surface area contributed by atoms with Gasteiger partial charge in [0.15, 0.2) is 0 Å². The van der Waals surface area contributed by atoms with E-state index in [2.05, 4.69) is 33.0 Å². The van der Waals surface area contributed by atoms with Crippen LogP contribution in [0.15, 0.2) is 6.20 Å². The first-order valence-electron chi connectivity index (χ1n) is 10.3. The second-order valence-electron chi connectivity index (χ2n) is 7.98. The number of ether oxygens (including phenoxy) is 1. The van der Waals surface area contributed by atoms with Crippen LogP contribution in [0.25, 0.3) is 10.9 Å². The summed E-state index contributed by atoms with van der Waals surface area (Å²) in [6, 6.07) is 2.05. The number of hydrogen-bond donors (Lipinski definition) is 1. The number of anilines is 1. The van der Waals surface area contributed by atoms with Crippen molar-refractivity contribution in [2.45, 2.75) is 31.3 Å². The Kier molecular flexibility index (Phi) is 6.69. The predicted octanol–water partition coefficient (Wildman–Crippen LogP) is 2.89. The van der Waals surface area contributed by atoms with Gasteiger partial charge in [0.25, 0.3) is 0 Å². The van der Waals surface area contributed by atoms with Crippen molar-refractivity contribution in [1.29, 1.82) is 5.26 Å². The summed E-state index contributed by atoms with van der Waals surface area (Å²) < 4.78 is 5.96. The molecule has 2 aliphatic heterocycles. The first-order valence-corrected chi connectivity index (χ1v) is 11.1. The Morgan fingerprint density at radius 1 is 1.31 bits per heavy atom. The van der Waals surface area contributed by atoms with Gasteiger partial charge in [0.1, 0.15) is 28.1 Å². The van der Waals surface area contributed by atoms with Crippen LogP contribution in [-0.2, 0) is 0 Å². The van der Waals surface area contributed by atoms with E-state index in [1.165, 1.54) is 4.90 Å². The number of carboxylic acid groups (broad SMARTS) is 1. The quantitative estimate of drug-likeness (QED) is 0.645. The van der Waals surface area contributed by atoms with E-state index in [1.54, 1.807) is 6.20 Å². The molecule has 1 N–H and O–H groups in total. The third kappa shape index (κ3) is 4.46. The minimum absolute atomic E-state index is 0.0774. The largest absolute Gasteiger partial charge is 0.465 e. The van der Waals surface area contributed by atoms with Crippen LogP contribution >= 0.6 is 23.2 Å². The molecule has 2 atom stereocenters. The Bertz CT molecular complexity index is 1060. The van der Waals surface area contributed by atoms with Gasteiger partial charge >= 0.3 is 12.1 Å². The van der Waals surface area contributed by atoms with Gasteiger partial charge in [0.05, 0.1) is 23.9 Å². The number of amides is 1. The standard InChI is InChI=1S/C20H23Cl2N7O3/c1-27-6-2-3-13(27)11-32-19-25-16-14(9-24-17(22)15(16)21)18(26-19)28-7-8-29(20(30)31)12(10-28)4-5-23/h9,12-13H,2-4,6-8,10-11H2,1H3,(H,30,31)/t12-,13-/m0/s1. The third-order valence-electron chi connectivity index (χ3n) is 6.03. The monoisotopic (exact) mass is 479 g/mol. The van der Waals surface area contributed by atoms with Gasteiger partial charge in [0, 0.05) is 31.9 Å². The minimum Gasteiger partial charge on any atom is -0.465 e. The highest BCUT2D eigenvalue weighted by atomic mass is 35.5. The first kappa shape index (κ1) is 22.6. The number of hydrogen-bond acceptors (Lipinski definition) is 8. The van der Waals surface area contributed by atoms with Crippen molar-refractivity contribution < 1.29 is 14.6 Å². The van der Waals surface area contributed by atoms with Crippen LogP contribution in [0.5, 0.6) is 6.01 Å². The van der Waals surface area contributed by atoms with Crippen molar-refractivity contribution >= 4 is 46.0 Å². The number of aromatic nitrogens is 3. The molecule has 170 valence electrons. The number of nitrogens with zero attached hydrogens (tertiary/aromatic N) is 7. The molecule has 0 bridgehead atoms. The van der Waals surface area contributed by atoms with Gasteiger partial charge in [-0.1, -0.05) is 23.2 Å². The molecule has 10 nitrogen and oxygen atoms in total. The van der Waals surface area contributed by atoms with Crippen molar-refractivity contribution in [3.63, 3.8) is 0 Å². The molecule has 0 unspecified atom stereocenters. The lowest BCUT2D eigenvalue weighted by Gasteiger charge is -2.39. The predicted molar refractivity (Wildman–Crippen MR) is 119 cm³/mol. The van der Waals surface area contributed by atoms with Crippen LogP contribution < -0.4 is 9.64 Å². The Morgan fingerprint density at radius 3 is 2.81 bits per heavy atom. The fourth-order valence-corrected chi connectivity index (χ4v) is 4.58. The van der Waals surface area contributed by atoms with Crippen LogP contribution in [0.1, 0.15) is 19.3 Å². The number of likely N-dealkylation sites (N-methyl/N-ethyl adjacent to an activating group) is 1. The van der Waals surface area contributed by atoms with E-state index in [0.717, 1.165) is 19.4 Å². The van der Waals surface area contributed by atoms with E-state index >= 15 is 0 Å². The fourth-order valence-electron chi connectivity index (χ4n) is 4.25. The third-order valence-corrected chi connectivity index (χ3v) is 6.77. The molecule has 4 heterocycles. The number of likely N-dealkylation sites (tertiary alicyclic amines) is 1. The molecule has 0 aliphatic carbocycles.